The molecular formula is C23H18ClN3OS. The molecule has 1 aromatic heterocycles. The molecule has 0 spiro atoms. The average molecular weight is 420 g/mol. The van der Waals surface area contributed by atoms with Crippen LogP contribution in [-0.4, -0.2) is 26.3 Å². The lowest BCUT2D eigenvalue weighted by Crippen LogP contribution is -2.06. The first-order valence-corrected chi connectivity index (χ1v) is 10.5. The molecule has 6 heteroatoms. The van der Waals surface area contributed by atoms with Gasteiger partial charge in [0, 0.05) is 17.0 Å². The van der Waals surface area contributed by atoms with Gasteiger partial charge < -0.3 is 0 Å². The highest BCUT2D eigenvalue weighted by atomic mass is 35.5. The maximum atomic E-state index is 12.5. The van der Waals surface area contributed by atoms with Crippen LogP contribution in [0, 0.1) is 0 Å². The minimum atomic E-state index is 0.0563. The van der Waals surface area contributed by atoms with Gasteiger partial charge in [0.25, 0.3) is 0 Å². The Kier molecular flexibility index (Phi) is 6.08. The van der Waals surface area contributed by atoms with Gasteiger partial charge in [0.1, 0.15) is 5.82 Å². The smallest absolute Gasteiger partial charge is 0.196 e. The molecular weight excluding hydrogens is 402 g/mol. The number of nitrogens with zero attached hydrogens (tertiary/aromatic N) is 3. The Hall–Kier alpha value is -2.89. The van der Waals surface area contributed by atoms with E-state index in [4.69, 9.17) is 11.6 Å². The van der Waals surface area contributed by atoms with Crippen LogP contribution in [0.15, 0.2) is 90.1 Å². The summed E-state index contributed by atoms with van der Waals surface area (Å²) in [5.74, 6) is 1.14. The summed E-state index contributed by atoms with van der Waals surface area (Å²) >= 11 is 7.60. The van der Waals surface area contributed by atoms with Crippen LogP contribution in [-0.2, 0) is 6.42 Å². The molecule has 0 aliphatic rings. The molecule has 0 radical (unpaired) electrons. The van der Waals surface area contributed by atoms with E-state index in [0.717, 1.165) is 17.1 Å². The first-order valence-electron chi connectivity index (χ1n) is 9.16. The van der Waals surface area contributed by atoms with Gasteiger partial charge in [-0.2, -0.15) is 0 Å². The fourth-order valence-corrected chi connectivity index (χ4v) is 4.05. The van der Waals surface area contributed by atoms with E-state index in [0.29, 0.717) is 22.2 Å². The van der Waals surface area contributed by atoms with E-state index < -0.39 is 0 Å². The Balaban J connectivity index is 1.63. The van der Waals surface area contributed by atoms with Gasteiger partial charge >= 0.3 is 0 Å². The number of rotatable bonds is 7. The fourth-order valence-electron chi connectivity index (χ4n) is 3.00. The van der Waals surface area contributed by atoms with Crippen molar-refractivity contribution in [2.75, 3.05) is 5.75 Å². The molecule has 0 saturated heterocycles. The second-order valence-corrected chi connectivity index (χ2v) is 7.83. The minimum absolute atomic E-state index is 0.0563. The van der Waals surface area contributed by atoms with E-state index in [1.54, 1.807) is 0 Å². The molecule has 29 heavy (non-hydrogen) atoms. The van der Waals surface area contributed by atoms with Crippen molar-refractivity contribution in [2.24, 2.45) is 0 Å². The number of carbonyl (C=O) groups excluding carboxylic acids is 1. The van der Waals surface area contributed by atoms with Crippen molar-refractivity contribution < 1.29 is 4.79 Å². The highest BCUT2D eigenvalue weighted by molar-refractivity contribution is 7.99. The molecule has 0 aliphatic carbocycles. The summed E-state index contributed by atoms with van der Waals surface area (Å²) in [7, 11) is 0. The second kappa shape index (κ2) is 9.07. The SMILES string of the molecule is O=C(CSc1nnc(Cc2ccccc2)n1-c1cccc(Cl)c1)c1ccccc1. The number of halogens is 1. The van der Waals surface area contributed by atoms with Crippen LogP contribution in [0.5, 0.6) is 0 Å². The van der Waals surface area contributed by atoms with Crippen LogP contribution in [0.2, 0.25) is 5.02 Å². The van der Waals surface area contributed by atoms with Crippen LogP contribution < -0.4 is 0 Å². The van der Waals surface area contributed by atoms with Crippen molar-refractivity contribution in [1.82, 2.24) is 14.8 Å². The predicted molar refractivity (Wildman–Crippen MR) is 117 cm³/mol. The summed E-state index contributed by atoms with van der Waals surface area (Å²) in [6.45, 7) is 0. The number of hydrogen-bond donors (Lipinski definition) is 0. The number of benzene rings is 3. The van der Waals surface area contributed by atoms with E-state index >= 15 is 0 Å². The van der Waals surface area contributed by atoms with Crippen molar-refractivity contribution in [3.8, 4) is 5.69 Å². The largest absolute Gasteiger partial charge is 0.293 e. The number of thioether (sulfide) groups is 1. The van der Waals surface area contributed by atoms with E-state index in [-0.39, 0.29) is 11.5 Å². The highest BCUT2D eigenvalue weighted by Gasteiger charge is 2.17. The Labute approximate surface area is 178 Å². The van der Waals surface area contributed by atoms with Crippen molar-refractivity contribution >= 4 is 29.1 Å². The van der Waals surface area contributed by atoms with Crippen LogP contribution in [0.3, 0.4) is 0 Å². The number of aromatic nitrogens is 3. The molecule has 0 atom stereocenters. The summed E-state index contributed by atoms with van der Waals surface area (Å²) in [5.41, 5.74) is 2.71. The molecule has 0 bridgehead atoms. The summed E-state index contributed by atoms with van der Waals surface area (Å²) in [6, 6.07) is 27.0. The summed E-state index contributed by atoms with van der Waals surface area (Å²) in [5, 5.41) is 10.1. The molecule has 0 saturated carbocycles. The zero-order valence-corrected chi connectivity index (χ0v) is 17.1. The second-order valence-electron chi connectivity index (χ2n) is 6.45. The van der Waals surface area contributed by atoms with Crippen LogP contribution in [0.4, 0.5) is 0 Å². The molecule has 0 amide bonds. The van der Waals surface area contributed by atoms with Crippen molar-refractivity contribution in [3.05, 3.63) is 107 Å². The number of Topliss-reactive ketones (excluding diaryl/α,β-unsaturated/α-hetero) is 1. The number of hydrogen-bond acceptors (Lipinski definition) is 4. The van der Waals surface area contributed by atoms with Gasteiger partial charge in [-0.1, -0.05) is 90.1 Å². The van der Waals surface area contributed by atoms with Crippen molar-refractivity contribution in [2.45, 2.75) is 11.6 Å². The Morgan fingerprint density at radius 3 is 2.34 bits per heavy atom. The summed E-state index contributed by atoms with van der Waals surface area (Å²) < 4.78 is 1.97. The third-order valence-electron chi connectivity index (χ3n) is 4.40. The first kappa shape index (κ1) is 19.4. The van der Waals surface area contributed by atoms with E-state index in [1.165, 1.54) is 11.8 Å². The normalized spacial score (nSPS) is 10.8. The van der Waals surface area contributed by atoms with Gasteiger partial charge in [-0.3, -0.25) is 9.36 Å². The van der Waals surface area contributed by atoms with E-state index in [1.807, 2.05) is 77.4 Å². The zero-order chi connectivity index (χ0) is 20.1. The van der Waals surface area contributed by atoms with Gasteiger partial charge in [0.2, 0.25) is 0 Å². The molecule has 3 aromatic carbocycles. The Bertz CT molecular complexity index is 1110. The summed E-state index contributed by atoms with van der Waals surface area (Å²) in [6.07, 6.45) is 0.632. The Morgan fingerprint density at radius 2 is 1.62 bits per heavy atom. The highest BCUT2D eigenvalue weighted by Crippen LogP contribution is 2.26. The maximum absolute atomic E-state index is 12.5. The molecule has 4 nitrogen and oxygen atoms in total. The van der Waals surface area contributed by atoms with Crippen LogP contribution in [0.25, 0.3) is 5.69 Å². The molecule has 0 unspecified atom stereocenters. The van der Waals surface area contributed by atoms with Crippen molar-refractivity contribution in [1.29, 1.82) is 0 Å². The predicted octanol–water partition coefficient (Wildman–Crippen LogP) is 5.49. The van der Waals surface area contributed by atoms with Crippen LogP contribution >= 0.6 is 23.4 Å². The molecule has 4 aromatic rings. The molecule has 0 N–H and O–H groups in total. The van der Waals surface area contributed by atoms with Gasteiger partial charge in [0.05, 0.1) is 11.4 Å². The maximum Gasteiger partial charge on any atom is 0.196 e. The molecule has 4 rings (SSSR count). The van der Waals surface area contributed by atoms with E-state index in [2.05, 4.69) is 22.3 Å². The number of ketones is 1. The quantitative estimate of drug-likeness (QED) is 0.293. The topological polar surface area (TPSA) is 47.8 Å². The third kappa shape index (κ3) is 4.75. The van der Waals surface area contributed by atoms with Gasteiger partial charge in [-0.05, 0) is 23.8 Å². The molecule has 0 aliphatic heterocycles. The monoisotopic (exact) mass is 419 g/mol. The lowest BCUT2D eigenvalue weighted by atomic mass is 10.1. The first-order chi connectivity index (χ1) is 14.2. The van der Waals surface area contributed by atoms with Gasteiger partial charge in [-0.25, -0.2) is 0 Å². The lowest BCUT2D eigenvalue weighted by molar-refractivity contribution is 0.102. The van der Waals surface area contributed by atoms with Gasteiger partial charge in [-0.15, -0.1) is 10.2 Å². The van der Waals surface area contributed by atoms with Crippen LogP contribution in [0.1, 0.15) is 21.7 Å². The van der Waals surface area contributed by atoms with Crippen molar-refractivity contribution in [3.63, 3.8) is 0 Å². The average Bonchev–Trinajstić information content (AvgIpc) is 3.15. The van der Waals surface area contributed by atoms with E-state index in [9.17, 15) is 4.79 Å². The third-order valence-corrected chi connectivity index (χ3v) is 5.56. The fraction of sp³-hybridized carbons (Fsp3) is 0.0870. The standard InChI is InChI=1S/C23H18ClN3OS/c24-19-12-7-13-20(15-19)27-22(14-17-8-3-1-4-9-17)25-26-23(27)29-16-21(28)18-10-5-2-6-11-18/h1-13,15H,14,16H2. The number of carbonyl (C=O) groups is 1. The lowest BCUT2D eigenvalue weighted by Gasteiger charge is -2.11. The Morgan fingerprint density at radius 1 is 0.897 bits per heavy atom. The zero-order valence-electron chi connectivity index (χ0n) is 15.5. The molecule has 1 heterocycles. The minimum Gasteiger partial charge on any atom is -0.293 e. The molecule has 0 fully saturated rings. The summed E-state index contributed by atoms with van der Waals surface area (Å²) in [4.78, 5) is 12.5. The molecule has 144 valence electrons. The van der Waals surface area contributed by atoms with Gasteiger partial charge in [0.15, 0.2) is 10.9 Å².